The van der Waals surface area contributed by atoms with Crippen molar-refractivity contribution < 1.29 is 24.1 Å². The first-order valence-electron chi connectivity index (χ1n) is 7.00. The highest BCUT2D eigenvalue weighted by molar-refractivity contribution is 5.66. The molecule has 0 radical (unpaired) electrons. The number of rotatable bonds is 7. The van der Waals surface area contributed by atoms with Crippen molar-refractivity contribution in [3.8, 4) is 11.5 Å². The first-order valence-corrected chi connectivity index (χ1v) is 7.00. The Hall–Kier alpha value is -1.79. The van der Waals surface area contributed by atoms with Crippen molar-refractivity contribution in [3.63, 3.8) is 0 Å². The Morgan fingerprint density at radius 3 is 2.95 bits per heavy atom. The molecule has 0 spiro atoms. The summed E-state index contributed by atoms with van der Waals surface area (Å²) in [7, 11) is 1.58. The third-order valence-corrected chi connectivity index (χ3v) is 3.47. The summed E-state index contributed by atoms with van der Waals surface area (Å²) in [4.78, 5) is 10.6. The second kappa shape index (κ2) is 7.28. The van der Waals surface area contributed by atoms with E-state index >= 15 is 0 Å². The minimum atomic E-state index is -0.849. The zero-order chi connectivity index (χ0) is 15.2. The molecule has 3 N–H and O–H groups in total. The molecule has 21 heavy (non-hydrogen) atoms. The van der Waals surface area contributed by atoms with E-state index in [1.165, 1.54) is 0 Å². The van der Waals surface area contributed by atoms with Crippen LogP contribution in [0.15, 0.2) is 18.2 Å². The smallest absolute Gasteiger partial charge is 0.303 e. The second-order valence-electron chi connectivity index (χ2n) is 5.05. The summed E-state index contributed by atoms with van der Waals surface area (Å²) in [5.41, 5.74) is 6.87. The number of carboxylic acids is 1. The van der Waals surface area contributed by atoms with Crippen LogP contribution in [0.3, 0.4) is 0 Å². The van der Waals surface area contributed by atoms with Gasteiger partial charge in [-0.1, -0.05) is 6.07 Å². The molecular formula is C15H21NO5. The van der Waals surface area contributed by atoms with Crippen LogP contribution in [0.2, 0.25) is 0 Å². The van der Waals surface area contributed by atoms with Crippen molar-refractivity contribution in [2.24, 2.45) is 5.73 Å². The van der Waals surface area contributed by atoms with E-state index < -0.39 is 5.97 Å². The Bertz CT molecular complexity index is 485. The van der Waals surface area contributed by atoms with E-state index in [2.05, 4.69) is 0 Å². The van der Waals surface area contributed by atoms with Gasteiger partial charge in [0.1, 0.15) is 6.10 Å². The predicted molar refractivity (Wildman–Crippen MR) is 76.6 cm³/mol. The molecular weight excluding hydrogens is 274 g/mol. The molecule has 0 aromatic heterocycles. The maximum atomic E-state index is 10.6. The fourth-order valence-electron chi connectivity index (χ4n) is 2.25. The summed E-state index contributed by atoms with van der Waals surface area (Å²) in [6, 6.07) is 5.11. The first kappa shape index (κ1) is 15.6. The second-order valence-corrected chi connectivity index (χ2v) is 5.05. The van der Waals surface area contributed by atoms with Crippen molar-refractivity contribution >= 4 is 5.97 Å². The third-order valence-electron chi connectivity index (χ3n) is 3.47. The number of carboxylic acid groups (broad SMARTS) is 1. The molecule has 2 unspecified atom stereocenters. The zero-order valence-corrected chi connectivity index (χ0v) is 12.1. The summed E-state index contributed by atoms with van der Waals surface area (Å²) in [5, 5.41) is 8.72. The summed E-state index contributed by atoms with van der Waals surface area (Å²) in [6.45, 7) is 1.27. The van der Waals surface area contributed by atoms with Gasteiger partial charge >= 0.3 is 5.97 Å². The number of ether oxygens (including phenoxy) is 3. The van der Waals surface area contributed by atoms with Crippen LogP contribution < -0.4 is 15.2 Å². The molecule has 1 heterocycles. The van der Waals surface area contributed by atoms with Gasteiger partial charge in [-0.2, -0.15) is 0 Å². The summed E-state index contributed by atoms with van der Waals surface area (Å²) >= 11 is 0. The first-order chi connectivity index (χ1) is 10.1. The maximum Gasteiger partial charge on any atom is 0.303 e. The average Bonchev–Trinajstić information content (AvgIpc) is 2.97. The van der Waals surface area contributed by atoms with Gasteiger partial charge in [0.25, 0.3) is 0 Å². The Kier molecular flexibility index (Phi) is 5.41. The van der Waals surface area contributed by atoms with Gasteiger partial charge in [-0.05, 0) is 24.1 Å². The van der Waals surface area contributed by atoms with Crippen LogP contribution in [0.25, 0.3) is 0 Å². The van der Waals surface area contributed by atoms with Gasteiger partial charge < -0.3 is 25.1 Å². The minimum absolute atomic E-state index is 0.0180. The monoisotopic (exact) mass is 295 g/mol. The highest BCUT2D eigenvalue weighted by Gasteiger charge is 2.20. The third kappa shape index (κ3) is 4.34. The molecule has 2 atom stereocenters. The van der Waals surface area contributed by atoms with E-state index in [1.807, 2.05) is 12.1 Å². The van der Waals surface area contributed by atoms with E-state index in [0.29, 0.717) is 31.1 Å². The lowest BCUT2D eigenvalue weighted by Crippen LogP contribution is -2.17. The van der Waals surface area contributed by atoms with Crippen LogP contribution in [-0.4, -0.2) is 37.5 Å². The lowest BCUT2D eigenvalue weighted by molar-refractivity contribution is -0.137. The molecule has 1 aliphatic rings. The summed E-state index contributed by atoms with van der Waals surface area (Å²) in [5.74, 6) is 0.408. The molecule has 1 fully saturated rings. The Morgan fingerprint density at radius 2 is 2.33 bits per heavy atom. The molecule has 1 aromatic carbocycles. The van der Waals surface area contributed by atoms with Gasteiger partial charge in [-0.15, -0.1) is 0 Å². The molecule has 0 bridgehead atoms. The molecule has 0 saturated carbocycles. The lowest BCUT2D eigenvalue weighted by Gasteiger charge is -2.18. The van der Waals surface area contributed by atoms with E-state index in [4.69, 9.17) is 25.1 Å². The topological polar surface area (TPSA) is 91.0 Å². The number of hydrogen-bond acceptors (Lipinski definition) is 5. The number of nitrogens with two attached hydrogens (primary N) is 1. The SMILES string of the molecule is COc1ccc(C(N)CCC(=O)O)cc1OC1CCOC1. The van der Waals surface area contributed by atoms with Crippen LogP contribution in [0.4, 0.5) is 0 Å². The Morgan fingerprint density at radius 1 is 1.52 bits per heavy atom. The van der Waals surface area contributed by atoms with Gasteiger partial charge in [0.05, 0.1) is 20.3 Å². The normalized spacial score (nSPS) is 19.2. The fourth-order valence-corrected chi connectivity index (χ4v) is 2.25. The molecule has 2 rings (SSSR count). The number of hydrogen-bond donors (Lipinski definition) is 2. The quantitative estimate of drug-likeness (QED) is 0.796. The largest absolute Gasteiger partial charge is 0.493 e. The molecule has 0 aliphatic carbocycles. The molecule has 1 saturated heterocycles. The number of aliphatic carboxylic acids is 1. The Labute approximate surface area is 123 Å². The van der Waals surface area contributed by atoms with Gasteiger partial charge in [0.2, 0.25) is 0 Å². The Balaban J connectivity index is 2.10. The fraction of sp³-hybridized carbons (Fsp3) is 0.533. The van der Waals surface area contributed by atoms with Crippen LogP contribution in [0.5, 0.6) is 11.5 Å². The molecule has 116 valence electrons. The van der Waals surface area contributed by atoms with Gasteiger partial charge in [0.15, 0.2) is 11.5 Å². The van der Waals surface area contributed by atoms with Crippen molar-refractivity contribution in [3.05, 3.63) is 23.8 Å². The average molecular weight is 295 g/mol. The predicted octanol–water partition coefficient (Wildman–Crippen LogP) is 1.73. The van der Waals surface area contributed by atoms with Crippen molar-refractivity contribution in [2.45, 2.75) is 31.4 Å². The standard InChI is InChI=1S/C15H21NO5/c1-19-13-4-2-10(12(16)3-5-15(17)18)8-14(13)21-11-6-7-20-9-11/h2,4,8,11-12H,3,5-7,9,16H2,1H3,(H,17,18). The minimum Gasteiger partial charge on any atom is -0.493 e. The highest BCUT2D eigenvalue weighted by Crippen LogP contribution is 2.32. The molecule has 0 amide bonds. The van der Waals surface area contributed by atoms with E-state index in [0.717, 1.165) is 12.0 Å². The van der Waals surface area contributed by atoms with Crippen molar-refractivity contribution in [1.29, 1.82) is 0 Å². The van der Waals surface area contributed by atoms with Crippen LogP contribution in [0, 0.1) is 0 Å². The molecule has 1 aromatic rings. The van der Waals surface area contributed by atoms with Gasteiger partial charge in [0, 0.05) is 18.9 Å². The molecule has 1 aliphatic heterocycles. The van der Waals surface area contributed by atoms with Crippen LogP contribution >= 0.6 is 0 Å². The van der Waals surface area contributed by atoms with Crippen molar-refractivity contribution in [1.82, 2.24) is 0 Å². The number of benzene rings is 1. The highest BCUT2D eigenvalue weighted by atomic mass is 16.6. The summed E-state index contributed by atoms with van der Waals surface area (Å²) in [6.07, 6.45) is 1.29. The molecule has 6 heteroatoms. The number of carbonyl (C=O) groups is 1. The number of methoxy groups -OCH3 is 1. The van der Waals surface area contributed by atoms with Gasteiger partial charge in [-0.25, -0.2) is 0 Å². The van der Waals surface area contributed by atoms with Gasteiger partial charge in [-0.3, -0.25) is 4.79 Å². The summed E-state index contributed by atoms with van der Waals surface area (Å²) < 4.78 is 16.5. The van der Waals surface area contributed by atoms with E-state index in [1.54, 1.807) is 13.2 Å². The van der Waals surface area contributed by atoms with E-state index in [-0.39, 0.29) is 18.6 Å². The van der Waals surface area contributed by atoms with Crippen LogP contribution in [-0.2, 0) is 9.53 Å². The lowest BCUT2D eigenvalue weighted by atomic mass is 10.0. The zero-order valence-electron chi connectivity index (χ0n) is 12.1. The maximum absolute atomic E-state index is 10.6. The van der Waals surface area contributed by atoms with Crippen LogP contribution in [0.1, 0.15) is 30.9 Å². The van der Waals surface area contributed by atoms with Crippen molar-refractivity contribution in [2.75, 3.05) is 20.3 Å². The van der Waals surface area contributed by atoms with E-state index in [9.17, 15) is 4.79 Å². The molecule has 6 nitrogen and oxygen atoms in total.